The molecule has 2 fully saturated rings. The molecule has 0 aliphatic carbocycles. The Labute approximate surface area is 143 Å². The normalized spacial score (nSPS) is 23.6. The molecule has 1 aromatic heterocycles. The fraction of sp³-hybridized carbons (Fsp3) is 0.765. The highest BCUT2D eigenvalue weighted by molar-refractivity contribution is 5.78. The smallest absolute Gasteiger partial charge is 0.236 e. The average Bonchev–Trinajstić information content (AvgIpc) is 3.04. The third-order valence-corrected chi connectivity index (χ3v) is 5.02. The SMILES string of the molecule is C[C@@H]1CN(C(=O)CN2CCC(c3ccnn3CCO)CC2)CCO1. The summed E-state index contributed by atoms with van der Waals surface area (Å²) in [5.41, 5.74) is 1.21. The van der Waals surface area contributed by atoms with Crippen molar-refractivity contribution in [3.63, 3.8) is 0 Å². The molecule has 0 unspecified atom stereocenters. The van der Waals surface area contributed by atoms with Crippen LogP contribution < -0.4 is 0 Å². The molecule has 2 aliphatic rings. The number of aromatic nitrogens is 2. The summed E-state index contributed by atoms with van der Waals surface area (Å²) in [5, 5.41) is 13.4. The van der Waals surface area contributed by atoms with Crippen LogP contribution in [0.4, 0.5) is 0 Å². The van der Waals surface area contributed by atoms with Crippen LogP contribution in [0.2, 0.25) is 0 Å². The van der Waals surface area contributed by atoms with Gasteiger partial charge in [-0.1, -0.05) is 0 Å². The van der Waals surface area contributed by atoms with Gasteiger partial charge in [-0.05, 0) is 38.9 Å². The zero-order valence-electron chi connectivity index (χ0n) is 14.4. The van der Waals surface area contributed by atoms with Gasteiger partial charge in [0, 0.05) is 30.9 Å². The number of carbonyl (C=O) groups is 1. The first-order valence-corrected chi connectivity index (χ1v) is 8.91. The highest BCUT2D eigenvalue weighted by atomic mass is 16.5. The van der Waals surface area contributed by atoms with Crippen LogP contribution >= 0.6 is 0 Å². The maximum Gasteiger partial charge on any atom is 0.236 e. The van der Waals surface area contributed by atoms with E-state index in [0.717, 1.165) is 25.9 Å². The van der Waals surface area contributed by atoms with Crippen LogP contribution in [0.5, 0.6) is 0 Å². The molecule has 0 spiro atoms. The highest BCUT2D eigenvalue weighted by Gasteiger charge is 2.27. The van der Waals surface area contributed by atoms with E-state index in [9.17, 15) is 4.79 Å². The molecule has 24 heavy (non-hydrogen) atoms. The second-order valence-electron chi connectivity index (χ2n) is 6.77. The summed E-state index contributed by atoms with van der Waals surface area (Å²) < 4.78 is 7.40. The fourth-order valence-electron chi connectivity index (χ4n) is 3.69. The molecule has 7 heteroatoms. The lowest BCUT2D eigenvalue weighted by atomic mass is 9.93. The Bertz CT molecular complexity index is 540. The van der Waals surface area contributed by atoms with Crippen LogP contribution in [0.15, 0.2) is 12.3 Å². The minimum absolute atomic E-state index is 0.111. The van der Waals surface area contributed by atoms with Crippen molar-refractivity contribution in [2.24, 2.45) is 0 Å². The van der Waals surface area contributed by atoms with Crippen molar-refractivity contribution in [2.45, 2.75) is 38.3 Å². The Morgan fingerprint density at radius 2 is 2.17 bits per heavy atom. The van der Waals surface area contributed by atoms with Crippen molar-refractivity contribution in [3.8, 4) is 0 Å². The van der Waals surface area contributed by atoms with Gasteiger partial charge >= 0.3 is 0 Å². The van der Waals surface area contributed by atoms with Crippen molar-refractivity contribution in [1.29, 1.82) is 0 Å². The van der Waals surface area contributed by atoms with Gasteiger partial charge in [0.25, 0.3) is 0 Å². The monoisotopic (exact) mass is 336 g/mol. The van der Waals surface area contributed by atoms with E-state index in [-0.39, 0.29) is 18.6 Å². The lowest BCUT2D eigenvalue weighted by Crippen LogP contribution is -2.49. The molecular formula is C17H28N4O3. The number of hydrogen-bond acceptors (Lipinski definition) is 5. The minimum atomic E-state index is 0.111. The third kappa shape index (κ3) is 4.15. The molecule has 1 amide bonds. The lowest BCUT2D eigenvalue weighted by molar-refractivity contribution is -0.139. The predicted molar refractivity (Wildman–Crippen MR) is 89.7 cm³/mol. The summed E-state index contributed by atoms with van der Waals surface area (Å²) in [6.45, 7) is 7.10. The number of aliphatic hydroxyl groups is 1. The van der Waals surface area contributed by atoms with E-state index < -0.39 is 0 Å². The van der Waals surface area contributed by atoms with E-state index in [1.165, 1.54) is 5.69 Å². The Morgan fingerprint density at radius 3 is 2.88 bits per heavy atom. The molecule has 2 aliphatic heterocycles. The number of likely N-dealkylation sites (tertiary alicyclic amines) is 1. The second-order valence-corrected chi connectivity index (χ2v) is 6.77. The zero-order valence-corrected chi connectivity index (χ0v) is 14.4. The van der Waals surface area contributed by atoms with E-state index in [2.05, 4.69) is 16.1 Å². The number of piperidine rings is 1. The van der Waals surface area contributed by atoms with Crippen molar-refractivity contribution in [2.75, 3.05) is 45.9 Å². The topological polar surface area (TPSA) is 70.8 Å². The molecular weight excluding hydrogens is 308 g/mol. The number of rotatable bonds is 5. The summed E-state index contributed by atoms with van der Waals surface area (Å²) in [4.78, 5) is 16.6. The standard InChI is InChI=1S/C17H28N4O3/c1-14-12-20(9-11-24-14)17(23)13-19-6-3-15(4-7-19)16-2-5-18-21(16)8-10-22/h2,5,14-15,22H,3-4,6-13H2,1H3/t14-/m1/s1. The summed E-state index contributed by atoms with van der Waals surface area (Å²) in [5.74, 6) is 0.683. The van der Waals surface area contributed by atoms with Gasteiger partial charge in [0.05, 0.1) is 32.4 Å². The predicted octanol–water partition coefficient (Wildman–Crippen LogP) is 0.302. The van der Waals surface area contributed by atoms with Crippen molar-refractivity contribution >= 4 is 5.91 Å². The number of nitrogens with zero attached hydrogens (tertiary/aromatic N) is 4. The number of carbonyl (C=O) groups excluding carboxylic acids is 1. The third-order valence-electron chi connectivity index (χ3n) is 5.02. The molecule has 1 aromatic rings. The fourth-order valence-corrected chi connectivity index (χ4v) is 3.69. The largest absolute Gasteiger partial charge is 0.394 e. The number of morpholine rings is 1. The molecule has 7 nitrogen and oxygen atoms in total. The molecule has 1 N–H and O–H groups in total. The van der Waals surface area contributed by atoms with Gasteiger partial charge in [-0.25, -0.2) is 0 Å². The van der Waals surface area contributed by atoms with Crippen LogP contribution in [0.25, 0.3) is 0 Å². The Kier molecular flexibility index (Phi) is 5.86. The molecule has 0 bridgehead atoms. The van der Waals surface area contributed by atoms with Gasteiger partial charge < -0.3 is 14.7 Å². The van der Waals surface area contributed by atoms with Gasteiger partial charge in [-0.15, -0.1) is 0 Å². The van der Waals surface area contributed by atoms with E-state index in [0.29, 0.717) is 38.7 Å². The zero-order chi connectivity index (χ0) is 16.9. The summed E-state index contributed by atoms with van der Waals surface area (Å²) in [6.07, 6.45) is 4.01. The summed E-state index contributed by atoms with van der Waals surface area (Å²) >= 11 is 0. The van der Waals surface area contributed by atoms with E-state index >= 15 is 0 Å². The van der Waals surface area contributed by atoms with E-state index in [1.54, 1.807) is 6.20 Å². The molecule has 0 radical (unpaired) electrons. The maximum absolute atomic E-state index is 12.4. The quantitative estimate of drug-likeness (QED) is 0.838. The van der Waals surface area contributed by atoms with Crippen LogP contribution in [0.3, 0.4) is 0 Å². The van der Waals surface area contributed by atoms with E-state index in [4.69, 9.17) is 9.84 Å². The number of ether oxygens (including phenoxy) is 1. The number of amides is 1. The number of hydrogen-bond donors (Lipinski definition) is 1. The minimum Gasteiger partial charge on any atom is -0.394 e. The maximum atomic E-state index is 12.4. The molecule has 3 heterocycles. The van der Waals surface area contributed by atoms with Gasteiger partial charge in [0.15, 0.2) is 0 Å². The van der Waals surface area contributed by atoms with Crippen LogP contribution in [-0.2, 0) is 16.1 Å². The molecule has 0 saturated carbocycles. The Balaban J connectivity index is 1.48. The van der Waals surface area contributed by atoms with Crippen molar-refractivity contribution < 1.29 is 14.6 Å². The first-order valence-electron chi connectivity index (χ1n) is 8.91. The molecule has 134 valence electrons. The number of aliphatic hydroxyl groups excluding tert-OH is 1. The van der Waals surface area contributed by atoms with Crippen molar-refractivity contribution in [1.82, 2.24) is 19.6 Å². The summed E-state index contributed by atoms with van der Waals surface area (Å²) in [6, 6.07) is 2.05. The van der Waals surface area contributed by atoms with Crippen molar-refractivity contribution in [3.05, 3.63) is 18.0 Å². The summed E-state index contributed by atoms with van der Waals surface area (Å²) in [7, 11) is 0. The van der Waals surface area contributed by atoms with Gasteiger partial charge in [-0.2, -0.15) is 5.10 Å². The Morgan fingerprint density at radius 1 is 1.38 bits per heavy atom. The molecule has 3 rings (SSSR count). The Hall–Kier alpha value is -1.44. The van der Waals surface area contributed by atoms with Crippen LogP contribution in [-0.4, -0.2) is 82.6 Å². The van der Waals surface area contributed by atoms with Crippen LogP contribution in [0.1, 0.15) is 31.4 Å². The molecule has 1 atom stereocenters. The van der Waals surface area contributed by atoms with E-state index in [1.807, 2.05) is 16.5 Å². The molecule has 2 saturated heterocycles. The van der Waals surface area contributed by atoms with Crippen LogP contribution in [0, 0.1) is 0 Å². The average molecular weight is 336 g/mol. The highest BCUT2D eigenvalue weighted by Crippen LogP contribution is 2.27. The first kappa shape index (κ1) is 17.4. The van der Waals surface area contributed by atoms with Gasteiger partial charge in [0.1, 0.15) is 0 Å². The van der Waals surface area contributed by atoms with Gasteiger partial charge in [-0.3, -0.25) is 14.4 Å². The second kappa shape index (κ2) is 8.09. The molecule has 0 aromatic carbocycles. The lowest BCUT2D eigenvalue weighted by Gasteiger charge is -2.35. The van der Waals surface area contributed by atoms with Gasteiger partial charge in [0.2, 0.25) is 5.91 Å². The first-order chi connectivity index (χ1) is 11.7.